The number of unbranched alkanes of at least 4 members (excludes halogenated alkanes) is 1. The van der Waals surface area contributed by atoms with Crippen molar-refractivity contribution >= 4 is 23.9 Å². The highest BCUT2D eigenvalue weighted by molar-refractivity contribution is 6.21. The normalized spacial score (nSPS) is 13.5. The number of nitrogens with zero attached hydrogens (tertiary/aromatic N) is 2. The Morgan fingerprint density at radius 3 is 2.12 bits per heavy atom. The van der Waals surface area contributed by atoms with Gasteiger partial charge in [-0.1, -0.05) is 42.5 Å². The van der Waals surface area contributed by atoms with E-state index in [0.29, 0.717) is 30.4 Å². The Morgan fingerprint density at radius 1 is 0.938 bits per heavy atom. The molecule has 32 heavy (non-hydrogen) atoms. The summed E-state index contributed by atoms with van der Waals surface area (Å²) in [4.78, 5) is 52.0. The molecule has 0 spiro atoms. The lowest BCUT2D eigenvalue weighted by Gasteiger charge is -2.25. The van der Waals surface area contributed by atoms with Crippen molar-refractivity contribution in [1.82, 2.24) is 9.80 Å². The van der Waals surface area contributed by atoms with Crippen LogP contribution in [0, 0.1) is 0 Å². The number of methoxy groups -OCH3 is 1. The molecule has 0 radical (unpaired) electrons. The number of hydrogen-bond acceptors (Lipinski definition) is 6. The predicted octanol–water partition coefficient (Wildman–Crippen LogP) is 3.26. The third-order valence-electron chi connectivity index (χ3n) is 5.42. The van der Waals surface area contributed by atoms with E-state index in [1.807, 2.05) is 30.3 Å². The van der Waals surface area contributed by atoms with Crippen molar-refractivity contribution in [2.45, 2.75) is 31.9 Å². The number of benzene rings is 2. The van der Waals surface area contributed by atoms with Crippen molar-refractivity contribution in [3.8, 4) is 0 Å². The summed E-state index contributed by atoms with van der Waals surface area (Å²) in [6, 6.07) is 15.1. The third-order valence-corrected chi connectivity index (χ3v) is 5.42. The van der Waals surface area contributed by atoms with Crippen molar-refractivity contribution < 1.29 is 28.7 Å². The second-order valence-electron chi connectivity index (χ2n) is 7.49. The smallest absolute Gasteiger partial charge is 0.410 e. The molecular formula is C24H26N2O6. The first-order valence-corrected chi connectivity index (χ1v) is 10.4. The molecule has 8 nitrogen and oxygen atoms in total. The lowest BCUT2D eigenvalue weighted by atomic mass is 10.1. The van der Waals surface area contributed by atoms with Crippen LogP contribution >= 0.6 is 0 Å². The monoisotopic (exact) mass is 438 g/mol. The SMILES string of the molecule is COC(=O)C(CCCCN1C(=O)c2ccccc2C1=O)N(C)C(=O)OCc1ccccc1. The van der Waals surface area contributed by atoms with E-state index in [2.05, 4.69) is 0 Å². The third kappa shape index (κ3) is 5.14. The predicted molar refractivity (Wildman–Crippen MR) is 116 cm³/mol. The summed E-state index contributed by atoms with van der Waals surface area (Å²) in [6.45, 7) is 0.333. The molecule has 1 aliphatic rings. The van der Waals surface area contributed by atoms with Gasteiger partial charge < -0.3 is 9.47 Å². The summed E-state index contributed by atoms with van der Waals surface area (Å²) in [6.07, 6.45) is 0.673. The van der Waals surface area contributed by atoms with Crippen LogP contribution in [0.2, 0.25) is 0 Å². The van der Waals surface area contributed by atoms with Crippen molar-refractivity contribution in [2.24, 2.45) is 0 Å². The van der Waals surface area contributed by atoms with Gasteiger partial charge in [0.25, 0.3) is 11.8 Å². The Labute approximate surface area is 186 Å². The molecule has 3 rings (SSSR count). The van der Waals surface area contributed by atoms with E-state index in [1.165, 1.54) is 24.0 Å². The van der Waals surface area contributed by atoms with Gasteiger partial charge in [0.1, 0.15) is 12.6 Å². The molecule has 0 saturated heterocycles. The first kappa shape index (κ1) is 23.0. The fourth-order valence-electron chi connectivity index (χ4n) is 3.60. The molecule has 1 heterocycles. The van der Waals surface area contributed by atoms with E-state index in [0.717, 1.165) is 5.56 Å². The summed E-state index contributed by atoms with van der Waals surface area (Å²) in [5.74, 6) is -1.17. The summed E-state index contributed by atoms with van der Waals surface area (Å²) >= 11 is 0. The van der Waals surface area contributed by atoms with Gasteiger partial charge in [0, 0.05) is 13.6 Å². The van der Waals surface area contributed by atoms with E-state index >= 15 is 0 Å². The molecule has 0 aliphatic carbocycles. The molecule has 0 aromatic heterocycles. The van der Waals surface area contributed by atoms with E-state index < -0.39 is 18.1 Å². The largest absolute Gasteiger partial charge is 0.467 e. The molecule has 3 amide bonds. The molecule has 2 aromatic carbocycles. The summed E-state index contributed by atoms with van der Waals surface area (Å²) in [7, 11) is 2.75. The molecule has 0 saturated carbocycles. The van der Waals surface area contributed by atoms with Crippen LogP contribution in [-0.4, -0.2) is 60.4 Å². The number of likely N-dealkylation sites (N-methyl/N-ethyl adjacent to an activating group) is 1. The average Bonchev–Trinajstić information content (AvgIpc) is 3.07. The Hall–Kier alpha value is -3.68. The average molecular weight is 438 g/mol. The highest BCUT2D eigenvalue weighted by Gasteiger charge is 2.35. The minimum atomic E-state index is -0.828. The number of carbonyl (C=O) groups is 4. The lowest BCUT2D eigenvalue weighted by molar-refractivity contribution is -0.146. The van der Waals surface area contributed by atoms with Crippen LogP contribution in [0.5, 0.6) is 0 Å². The van der Waals surface area contributed by atoms with Crippen molar-refractivity contribution in [3.05, 3.63) is 71.3 Å². The number of amides is 3. The number of carbonyl (C=O) groups excluding carboxylic acids is 4. The van der Waals surface area contributed by atoms with E-state index in [1.54, 1.807) is 24.3 Å². The van der Waals surface area contributed by atoms with Crippen LogP contribution in [0.4, 0.5) is 4.79 Å². The number of esters is 1. The fraction of sp³-hybridized carbons (Fsp3) is 0.333. The highest BCUT2D eigenvalue weighted by atomic mass is 16.6. The summed E-state index contributed by atoms with van der Waals surface area (Å²) < 4.78 is 10.1. The maximum absolute atomic E-state index is 12.4. The second kappa shape index (κ2) is 10.6. The second-order valence-corrected chi connectivity index (χ2v) is 7.49. The Morgan fingerprint density at radius 2 is 1.53 bits per heavy atom. The standard InChI is InChI=1S/C24H26N2O6/c1-25(24(30)32-16-17-10-4-3-5-11-17)20(23(29)31-2)14-8-9-15-26-21(27)18-12-6-7-13-19(18)22(26)28/h3-7,10-13,20H,8-9,14-16H2,1-2H3. The van der Waals surface area contributed by atoms with Gasteiger partial charge in [-0.2, -0.15) is 0 Å². The number of ether oxygens (including phenoxy) is 2. The molecule has 0 fully saturated rings. The molecule has 1 aliphatic heterocycles. The van der Waals surface area contributed by atoms with Crippen LogP contribution in [0.1, 0.15) is 45.5 Å². The Bertz CT molecular complexity index is 956. The minimum absolute atomic E-state index is 0.0949. The Kier molecular flexibility index (Phi) is 7.59. The number of fused-ring (bicyclic) bond motifs is 1. The van der Waals surface area contributed by atoms with Crippen LogP contribution < -0.4 is 0 Å². The first-order chi connectivity index (χ1) is 15.4. The number of imide groups is 1. The number of rotatable bonds is 9. The van der Waals surface area contributed by atoms with Gasteiger partial charge in [0.05, 0.1) is 18.2 Å². The lowest BCUT2D eigenvalue weighted by Crippen LogP contribution is -2.43. The van der Waals surface area contributed by atoms with Crippen LogP contribution in [0.15, 0.2) is 54.6 Å². The van der Waals surface area contributed by atoms with Crippen LogP contribution in [0.3, 0.4) is 0 Å². The van der Waals surface area contributed by atoms with Gasteiger partial charge in [0.2, 0.25) is 0 Å². The minimum Gasteiger partial charge on any atom is -0.467 e. The van der Waals surface area contributed by atoms with E-state index in [9.17, 15) is 19.2 Å². The van der Waals surface area contributed by atoms with Gasteiger partial charge in [-0.25, -0.2) is 9.59 Å². The topological polar surface area (TPSA) is 93.2 Å². The molecule has 0 bridgehead atoms. The van der Waals surface area contributed by atoms with E-state index in [4.69, 9.17) is 9.47 Å². The molecule has 2 aromatic rings. The van der Waals surface area contributed by atoms with E-state index in [-0.39, 0.29) is 25.0 Å². The van der Waals surface area contributed by atoms with Crippen molar-refractivity contribution in [1.29, 1.82) is 0 Å². The van der Waals surface area contributed by atoms with Gasteiger partial charge in [-0.15, -0.1) is 0 Å². The summed E-state index contributed by atoms with van der Waals surface area (Å²) in [5.41, 5.74) is 1.65. The molecule has 168 valence electrons. The molecule has 1 atom stereocenters. The van der Waals surface area contributed by atoms with Gasteiger partial charge >= 0.3 is 12.1 Å². The molecule has 0 N–H and O–H groups in total. The maximum atomic E-state index is 12.4. The zero-order chi connectivity index (χ0) is 23.1. The van der Waals surface area contributed by atoms with Crippen LogP contribution in [0.25, 0.3) is 0 Å². The zero-order valence-corrected chi connectivity index (χ0v) is 18.2. The fourth-order valence-corrected chi connectivity index (χ4v) is 3.60. The zero-order valence-electron chi connectivity index (χ0n) is 18.2. The van der Waals surface area contributed by atoms with Crippen LogP contribution in [-0.2, 0) is 20.9 Å². The van der Waals surface area contributed by atoms with Gasteiger partial charge in [-0.05, 0) is 37.0 Å². The van der Waals surface area contributed by atoms with Crippen molar-refractivity contribution in [3.63, 3.8) is 0 Å². The quantitative estimate of drug-likeness (QED) is 0.339. The van der Waals surface area contributed by atoms with Crippen molar-refractivity contribution in [2.75, 3.05) is 20.7 Å². The maximum Gasteiger partial charge on any atom is 0.410 e. The first-order valence-electron chi connectivity index (χ1n) is 10.4. The Balaban J connectivity index is 1.51. The molecule has 8 heteroatoms. The van der Waals surface area contributed by atoms with Gasteiger partial charge in [0.15, 0.2) is 0 Å². The highest BCUT2D eigenvalue weighted by Crippen LogP contribution is 2.23. The number of hydrogen-bond donors (Lipinski definition) is 0. The molecular weight excluding hydrogens is 412 g/mol. The summed E-state index contributed by atoms with van der Waals surface area (Å²) in [5, 5.41) is 0. The van der Waals surface area contributed by atoms with Gasteiger partial charge in [-0.3, -0.25) is 19.4 Å². The molecule has 1 unspecified atom stereocenters.